The van der Waals surface area contributed by atoms with E-state index in [-0.39, 0.29) is 0 Å². The molecule has 0 amide bonds. The van der Waals surface area contributed by atoms with E-state index in [0.29, 0.717) is 5.75 Å². The Labute approximate surface area is 165 Å². The molecule has 28 heavy (non-hydrogen) atoms. The summed E-state index contributed by atoms with van der Waals surface area (Å²) >= 11 is 0. The fourth-order valence-corrected chi connectivity index (χ4v) is 3.08. The van der Waals surface area contributed by atoms with Crippen molar-refractivity contribution >= 4 is 11.7 Å². The molecule has 142 valence electrons. The van der Waals surface area contributed by atoms with Crippen LogP contribution in [0.1, 0.15) is 12.5 Å². The summed E-state index contributed by atoms with van der Waals surface area (Å²) in [4.78, 5) is 11.4. The van der Waals surface area contributed by atoms with Crippen LogP contribution in [0.3, 0.4) is 0 Å². The van der Waals surface area contributed by atoms with Gasteiger partial charge in [0.15, 0.2) is 0 Å². The second-order valence-electron chi connectivity index (χ2n) is 6.45. The van der Waals surface area contributed by atoms with Gasteiger partial charge in [-0.1, -0.05) is 56.0 Å². The maximum atomic E-state index is 11.4. The molecule has 0 saturated heterocycles. The fourth-order valence-electron chi connectivity index (χ4n) is 3.08. The summed E-state index contributed by atoms with van der Waals surface area (Å²) < 4.78 is 5.22. The van der Waals surface area contributed by atoms with Crippen molar-refractivity contribution < 1.29 is 14.7 Å². The number of rotatable bonds is 6. The van der Waals surface area contributed by atoms with E-state index in [4.69, 9.17) is 4.74 Å². The molecule has 0 unspecified atom stereocenters. The van der Waals surface area contributed by atoms with Crippen molar-refractivity contribution in [2.75, 3.05) is 12.1 Å². The van der Waals surface area contributed by atoms with Gasteiger partial charge in [0.1, 0.15) is 5.75 Å². The van der Waals surface area contributed by atoms with E-state index in [9.17, 15) is 10.0 Å². The van der Waals surface area contributed by atoms with E-state index < -0.39 is 5.97 Å². The monoisotopic (exact) mass is 373 g/mol. The standard InChI is InChI=1S/C24H23NO3/c1-4-17-16-22(28-24(26)5-2)14-15-23(17)20-8-6-18(7-9-20)19-10-12-21(13-11-19)25(3)27/h5-16,27H,2,4H2,1,3H3. The van der Waals surface area contributed by atoms with Crippen LogP contribution >= 0.6 is 0 Å². The van der Waals surface area contributed by atoms with Gasteiger partial charge >= 0.3 is 5.97 Å². The smallest absolute Gasteiger partial charge is 0.335 e. The van der Waals surface area contributed by atoms with Gasteiger partial charge in [-0.05, 0) is 58.5 Å². The second-order valence-corrected chi connectivity index (χ2v) is 6.45. The summed E-state index contributed by atoms with van der Waals surface area (Å²) in [5.74, 6) is 0.0635. The lowest BCUT2D eigenvalue weighted by atomic mass is 9.95. The van der Waals surface area contributed by atoms with Crippen LogP contribution in [0.4, 0.5) is 5.69 Å². The highest BCUT2D eigenvalue weighted by molar-refractivity contribution is 5.83. The van der Waals surface area contributed by atoms with Gasteiger partial charge in [0.05, 0.1) is 5.69 Å². The highest BCUT2D eigenvalue weighted by atomic mass is 16.5. The lowest BCUT2D eigenvalue weighted by molar-refractivity contribution is -0.128. The average Bonchev–Trinajstić information content (AvgIpc) is 2.73. The normalized spacial score (nSPS) is 10.4. The molecule has 0 aliphatic carbocycles. The minimum absolute atomic E-state index is 0.461. The molecule has 0 fully saturated rings. The van der Waals surface area contributed by atoms with Gasteiger partial charge in [0.25, 0.3) is 0 Å². The lowest BCUT2D eigenvalue weighted by Gasteiger charge is -2.12. The largest absolute Gasteiger partial charge is 0.423 e. The first-order chi connectivity index (χ1) is 13.5. The third-order valence-corrected chi connectivity index (χ3v) is 4.61. The van der Waals surface area contributed by atoms with Crippen molar-refractivity contribution in [2.24, 2.45) is 0 Å². The van der Waals surface area contributed by atoms with Gasteiger partial charge in [-0.3, -0.25) is 10.3 Å². The highest BCUT2D eigenvalue weighted by Crippen LogP contribution is 2.30. The third kappa shape index (κ3) is 4.30. The maximum absolute atomic E-state index is 11.4. The van der Waals surface area contributed by atoms with Crippen LogP contribution in [0.5, 0.6) is 5.75 Å². The highest BCUT2D eigenvalue weighted by Gasteiger charge is 2.08. The first-order valence-corrected chi connectivity index (χ1v) is 9.12. The van der Waals surface area contributed by atoms with Gasteiger partial charge < -0.3 is 4.74 Å². The second kappa shape index (κ2) is 8.55. The number of hydroxylamine groups is 1. The molecular formula is C24H23NO3. The molecule has 3 aromatic carbocycles. The minimum Gasteiger partial charge on any atom is -0.423 e. The summed E-state index contributed by atoms with van der Waals surface area (Å²) in [5, 5.41) is 10.6. The molecular weight excluding hydrogens is 350 g/mol. The molecule has 0 spiro atoms. The molecule has 0 bridgehead atoms. The quantitative estimate of drug-likeness (QED) is 0.268. The van der Waals surface area contributed by atoms with Crippen molar-refractivity contribution in [3.05, 3.63) is 84.9 Å². The zero-order valence-corrected chi connectivity index (χ0v) is 16.1. The van der Waals surface area contributed by atoms with Crippen molar-refractivity contribution in [1.29, 1.82) is 0 Å². The Morgan fingerprint density at radius 2 is 1.57 bits per heavy atom. The first kappa shape index (κ1) is 19.4. The topological polar surface area (TPSA) is 49.8 Å². The summed E-state index contributed by atoms with van der Waals surface area (Å²) in [6.45, 7) is 5.50. The van der Waals surface area contributed by atoms with Crippen LogP contribution in [0.2, 0.25) is 0 Å². The molecule has 0 aromatic heterocycles. The zero-order chi connectivity index (χ0) is 20.1. The van der Waals surface area contributed by atoms with Crippen LogP contribution in [0, 0.1) is 0 Å². The Kier molecular flexibility index (Phi) is 5.92. The predicted molar refractivity (Wildman–Crippen MR) is 113 cm³/mol. The summed E-state index contributed by atoms with van der Waals surface area (Å²) in [6.07, 6.45) is 1.98. The molecule has 3 aromatic rings. The molecule has 0 aliphatic heterocycles. The van der Waals surface area contributed by atoms with Crippen molar-refractivity contribution in [3.63, 3.8) is 0 Å². The zero-order valence-electron chi connectivity index (χ0n) is 16.1. The van der Waals surface area contributed by atoms with E-state index in [1.165, 1.54) is 0 Å². The fraction of sp³-hybridized carbons (Fsp3) is 0.125. The Balaban J connectivity index is 1.86. The van der Waals surface area contributed by atoms with E-state index >= 15 is 0 Å². The number of hydrogen-bond donors (Lipinski definition) is 1. The molecule has 3 rings (SSSR count). The number of benzene rings is 3. The summed E-state index contributed by atoms with van der Waals surface area (Å²) in [6, 6.07) is 21.7. The van der Waals surface area contributed by atoms with Gasteiger partial charge in [0.2, 0.25) is 0 Å². The molecule has 4 nitrogen and oxygen atoms in total. The molecule has 0 atom stereocenters. The molecule has 1 N–H and O–H groups in total. The summed E-state index contributed by atoms with van der Waals surface area (Å²) in [5.41, 5.74) is 6.26. The van der Waals surface area contributed by atoms with Crippen molar-refractivity contribution in [1.82, 2.24) is 0 Å². The van der Waals surface area contributed by atoms with Gasteiger partial charge in [-0.25, -0.2) is 4.79 Å². The van der Waals surface area contributed by atoms with Crippen LogP contribution in [0.25, 0.3) is 22.3 Å². The van der Waals surface area contributed by atoms with Crippen LogP contribution in [0.15, 0.2) is 79.4 Å². The number of carbonyl (C=O) groups is 1. The maximum Gasteiger partial charge on any atom is 0.335 e. The van der Waals surface area contributed by atoms with Crippen molar-refractivity contribution in [3.8, 4) is 28.0 Å². The Morgan fingerprint density at radius 3 is 2.11 bits per heavy atom. The van der Waals surface area contributed by atoms with E-state index in [1.54, 1.807) is 13.1 Å². The van der Waals surface area contributed by atoms with Gasteiger partial charge in [0, 0.05) is 13.1 Å². The minimum atomic E-state index is -0.461. The first-order valence-electron chi connectivity index (χ1n) is 9.12. The number of esters is 1. The molecule has 0 saturated carbocycles. The SMILES string of the molecule is C=CC(=O)Oc1ccc(-c2ccc(-c3ccc(N(C)O)cc3)cc2)c(CC)c1. The van der Waals surface area contributed by atoms with Crippen LogP contribution in [-0.2, 0) is 11.2 Å². The van der Waals surface area contributed by atoms with Crippen molar-refractivity contribution in [2.45, 2.75) is 13.3 Å². The molecule has 0 heterocycles. The Morgan fingerprint density at radius 1 is 1.00 bits per heavy atom. The molecule has 0 aliphatic rings. The molecule has 4 heteroatoms. The van der Waals surface area contributed by atoms with Crippen LogP contribution < -0.4 is 9.80 Å². The third-order valence-electron chi connectivity index (χ3n) is 4.61. The Bertz CT molecular complexity index is 974. The van der Waals surface area contributed by atoms with E-state index in [2.05, 4.69) is 37.8 Å². The van der Waals surface area contributed by atoms with Crippen LogP contribution in [-0.4, -0.2) is 18.2 Å². The predicted octanol–water partition coefficient (Wildman–Crippen LogP) is 5.50. The number of ether oxygens (including phenoxy) is 1. The number of nitrogens with zero attached hydrogens (tertiary/aromatic N) is 1. The van der Waals surface area contributed by atoms with E-state index in [0.717, 1.165) is 51.1 Å². The number of aryl methyl sites for hydroxylation is 1. The molecule has 0 radical (unpaired) electrons. The lowest BCUT2D eigenvalue weighted by Crippen LogP contribution is -2.09. The van der Waals surface area contributed by atoms with E-state index in [1.807, 2.05) is 36.4 Å². The Hall–Kier alpha value is -3.37. The van der Waals surface area contributed by atoms with Gasteiger partial charge in [-0.15, -0.1) is 0 Å². The summed E-state index contributed by atoms with van der Waals surface area (Å²) in [7, 11) is 1.60. The average molecular weight is 373 g/mol. The number of hydrogen-bond acceptors (Lipinski definition) is 4. The number of anilines is 1. The number of carbonyl (C=O) groups excluding carboxylic acids is 1. The van der Waals surface area contributed by atoms with Gasteiger partial charge in [-0.2, -0.15) is 0 Å².